The molecule has 0 aliphatic carbocycles. The fourth-order valence-corrected chi connectivity index (χ4v) is 4.02. The minimum absolute atomic E-state index is 0.321. The first-order chi connectivity index (χ1) is 13.2. The molecule has 0 spiro atoms. The molecule has 6 heteroatoms. The quantitative estimate of drug-likeness (QED) is 0.524. The lowest BCUT2D eigenvalue weighted by atomic mass is 10.1. The Morgan fingerprint density at radius 3 is 2.70 bits per heavy atom. The Balaban J connectivity index is 1.56. The number of hydrogen-bond donors (Lipinski definition) is 1. The predicted molar refractivity (Wildman–Crippen MR) is 106 cm³/mol. The molecule has 0 radical (unpaired) electrons. The summed E-state index contributed by atoms with van der Waals surface area (Å²) < 4.78 is 2.90. The van der Waals surface area contributed by atoms with Crippen molar-refractivity contribution in [2.24, 2.45) is 0 Å². The van der Waals surface area contributed by atoms with Crippen LogP contribution >= 0.6 is 11.3 Å². The van der Waals surface area contributed by atoms with Crippen molar-refractivity contribution in [3.05, 3.63) is 84.4 Å². The van der Waals surface area contributed by atoms with Gasteiger partial charge in [0.1, 0.15) is 23.3 Å². The van der Waals surface area contributed by atoms with Crippen molar-refractivity contribution in [3.8, 4) is 5.00 Å². The number of fused-ring (bicyclic) bond motifs is 1. The Hall–Kier alpha value is -3.25. The number of aromatic nitrogens is 2. The number of nitrogens with zero attached hydrogens (tertiary/aromatic N) is 2. The molecule has 1 atom stereocenters. The lowest BCUT2D eigenvalue weighted by molar-refractivity contribution is -0.109. The van der Waals surface area contributed by atoms with Crippen LogP contribution < -0.4 is 5.32 Å². The van der Waals surface area contributed by atoms with Gasteiger partial charge in [-0.25, -0.2) is 4.98 Å². The van der Waals surface area contributed by atoms with Gasteiger partial charge in [-0.2, -0.15) is 0 Å². The molecule has 4 aromatic rings. The molecule has 0 aliphatic rings. The van der Waals surface area contributed by atoms with Gasteiger partial charge in [0.05, 0.1) is 12.2 Å². The molecule has 0 saturated heterocycles. The summed E-state index contributed by atoms with van der Waals surface area (Å²) in [7, 11) is 0. The van der Waals surface area contributed by atoms with Crippen LogP contribution in [-0.2, 0) is 11.2 Å². The molecule has 1 N–H and O–H groups in total. The standard InChI is InChI=1S/C21H17N3O2S/c25-13-17(10-15-6-2-1-3-7-15)23-21(26)18-12-22-14-24(18)20-11-16-8-4-5-9-19(16)27-20/h1-9,11-14,17H,10H2,(H,23,26). The highest BCUT2D eigenvalue weighted by Gasteiger charge is 2.18. The molecule has 134 valence electrons. The van der Waals surface area contributed by atoms with E-state index in [0.29, 0.717) is 12.1 Å². The molecule has 1 unspecified atom stereocenters. The monoisotopic (exact) mass is 375 g/mol. The van der Waals surface area contributed by atoms with Crippen LogP contribution in [0.1, 0.15) is 16.1 Å². The van der Waals surface area contributed by atoms with E-state index in [1.807, 2.05) is 60.7 Å². The Kier molecular flexibility index (Phi) is 4.80. The van der Waals surface area contributed by atoms with Gasteiger partial charge in [0.2, 0.25) is 0 Å². The zero-order valence-corrected chi connectivity index (χ0v) is 15.2. The summed E-state index contributed by atoms with van der Waals surface area (Å²) in [6.07, 6.45) is 4.36. The maximum absolute atomic E-state index is 12.7. The second-order valence-corrected chi connectivity index (χ2v) is 7.24. The summed E-state index contributed by atoms with van der Waals surface area (Å²) in [6.45, 7) is 0. The number of carbonyl (C=O) groups excluding carboxylic acids is 2. The number of carbonyl (C=O) groups is 2. The number of thiophene rings is 1. The third-order valence-electron chi connectivity index (χ3n) is 4.30. The fraction of sp³-hybridized carbons (Fsp3) is 0.0952. The predicted octanol–water partition coefficient (Wildman–Crippen LogP) is 3.63. The SMILES string of the molecule is O=CC(Cc1ccccc1)NC(=O)c1cncn1-c1cc2ccccc2s1. The third kappa shape index (κ3) is 3.66. The molecular weight excluding hydrogens is 358 g/mol. The Labute approximate surface area is 160 Å². The van der Waals surface area contributed by atoms with E-state index in [9.17, 15) is 9.59 Å². The van der Waals surface area contributed by atoms with Crippen molar-refractivity contribution >= 4 is 33.6 Å². The first-order valence-corrected chi connectivity index (χ1v) is 9.37. The topological polar surface area (TPSA) is 64.0 Å². The highest BCUT2D eigenvalue weighted by Crippen LogP contribution is 2.29. The Morgan fingerprint density at radius 1 is 1.15 bits per heavy atom. The molecule has 2 heterocycles. The average Bonchev–Trinajstić information content (AvgIpc) is 3.34. The lowest BCUT2D eigenvalue weighted by Gasteiger charge is -2.13. The molecule has 2 aromatic heterocycles. The zero-order chi connectivity index (χ0) is 18.6. The summed E-state index contributed by atoms with van der Waals surface area (Å²) in [5, 5.41) is 4.82. The van der Waals surface area contributed by atoms with E-state index >= 15 is 0 Å². The van der Waals surface area contributed by atoms with Crippen molar-refractivity contribution in [2.45, 2.75) is 12.5 Å². The van der Waals surface area contributed by atoms with Crippen LogP contribution in [-0.4, -0.2) is 27.8 Å². The minimum Gasteiger partial charge on any atom is -0.341 e. The molecule has 2 aromatic carbocycles. The van der Waals surface area contributed by atoms with E-state index in [-0.39, 0.29) is 5.91 Å². The van der Waals surface area contributed by atoms with Gasteiger partial charge in [0.25, 0.3) is 5.91 Å². The van der Waals surface area contributed by atoms with Crippen molar-refractivity contribution in [1.29, 1.82) is 0 Å². The molecule has 0 fully saturated rings. The lowest BCUT2D eigenvalue weighted by Crippen LogP contribution is -2.38. The van der Waals surface area contributed by atoms with E-state index in [2.05, 4.69) is 10.3 Å². The maximum Gasteiger partial charge on any atom is 0.270 e. The molecular formula is C21H17N3O2S. The normalized spacial score (nSPS) is 12.0. The average molecular weight is 375 g/mol. The number of imidazole rings is 1. The van der Waals surface area contributed by atoms with Crippen molar-refractivity contribution in [1.82, 2.24) is 14.9 Å². The van der Waals surface area contributed by atoms with Crippen LogP contribution in [0.5, 0.6) is 0 Å². The number of rotatable bonds is 6. The van der Waals surface area contributed by atoms with Crippen LogP contribution in [0.4, 0.5) is 0 Å². The molecule has 1 amide bonds. The van der Waals surface area contributed by atoms with Crippen LogP contribution in [0.15, 0.2) is 73.2 Å². The molecule has 4 rings (SSSR count). The zero-order valence-electron chi connectivity index (χ0n) is 14.4. The van der Waals surface area contributed by atoms with E-state index in [1.54, 1.807) is 22.2 Å². The number of amides is 1. The van der Waals surface area contributed by atoms with Gasteiger partial charge in [0, 0.05) is 4.70 Å². The van der Waals surface area contributed by atoms with Gasteiger partial charge in [-0.1, -0.05) is 48.5 Å². The second-order valence-electron chi connectivity index (χ2n) is 6.18. The smallest absolute Gasteiger partial charge is 0.270 e. The van der Waals surface area contributed by atoms with Crippen LogP contribution in [0.25, 0.3) is 15.1 Å². The third-order valence-corrected chi connectivity index (χ3v) is 5.42. The first kappa shape index (κ1) is 17.2. The second kappa shape index (κ2) is 7.55. The van der Waals surface area contributed by atoms with Crippen molar-refractivity contribution in [3.63, 3.8) is 0 Å². The van der Waals surface area contributed by atoms with Gasteiger partial charge in [-0.15, -0.1) is 11.3 Å². The summed E-state index contributed by atoms with van der Waals surface area (Å²) in [6, 6.07) is 19.1. The van der Waals surface area contributed by atoms with Gasteiger partial charge in [-0.3, -0.25) is 9.36 Å². The Bertz CT molecular complexity index is 1050. The molecule has 0 saturated carbocycles. The highest BCUT2D eigenvalue weighted by molar-refractivity contribution is 7.21. The van der Waals surface area contributed by atoms with E-state index in [0.717, 1.165) is 26.9 Å². The number of benzene rings is 2. The molecule has 0 aliphatic heterocycles. The Morgan fingerprint density at radius 2 is 1.93 bits per heavy atom. The molecule has 0 bridgehead atoms. The number of hydrogen-bond acceptors (Lipinski definition) is 4. The van der Waals surface area contributed by atoms with E-state index in [4.69, 9.17) is 0 Å². The molecule has 5 nitrogen and oxygen atoms in total. The van der Waals surface area contributed by atoms with E-state index < -0.39 is 6.04 Å². The van der Waals surface area contributed by atoms with Crippen molar-refractivity contribution in [2.75, 3.05) is 0 Å². The van der Waals surface area contributed by atoms with Gasteiger partial charge >= 0.3 is 0 Å². The van der Waals surface area contributed by atoms with Crippen LogP contribution in [0.3, 0.4) is 0 Å². The van der Waals surface area contributed by atoms with E-state index in [1.165, 1.54) is 6.20 Å². The van der Waals surface area contributed by atoms with Crippen LogP contribution in [0.2, 0.25) is 0 Å². The first-order valence-electron chi connectivity index (χ1n) is 8.56. The summed E-state index contributed by atoms with van der Waals surface area (Å²) in [5.41, 5.74) is 1.40. The number of nitrogens with one attached hydrogen (secondary N) is 1. The fourth-order valence-electron chi connectivity index (χ4n) is 2.97. The summed E-state index contributed by atoms with van der Waals surface area (Å²) in [4.78, 5) is 28.3. The molecule has 27 heavy (non-hydrogen) atoms. The largest absolute Gasteiger partial charge is 0.341 e. The van der Waals surface area contributed by atoms with Gasteiger partial charge in [-0.05, 0) is 29.5 Å². The highest BCUT2D eigenvalue weighted by atomic mass is 32.1. The maximum atomic E-state index is 12.7. The summed E-state index contributed by atoms with van der Waals surface area (Å²) in [5.74, 6) is -0.321. The minimum atomic E-state index is -0.592. The van der Waals surface area contributed by atoms with Crippen LogP contribution in [0, 0.1) is 0 Å². The summed E-state index contributed by atoms with van der Waals surface area (Å²) >= 11 is 1.59. The van der Waals surface area contributed by atoms with Gasteiger partial charge < -0.3 is 10.1 Å². The number of aldehydes is 1. The van der Waals surface area contributed by atoms with Crippen molar-refractivity contribution < 1.29 is 9.59 Å². The van der Waals surface area contributed by atoms with Gasteiger partial charge in [0.15, 0.2) is 0 Å².